The minimum absolute atomic E-state index is 0.0591. The molecule has 0 fully saturated rings. The second-order valence-corrected chi connectivity index (χ2v) is 4.01. The summed E-state index contributed by atoms with van der Waals surface area (Å²) < 4.78 is 7.18. The Morgan fingerprint density at radius 3 is 2.67 bits per heavy atom. The van der Waals surface area contributed by atoms with Crippen LogP contribution in [0.25, 0.3) is 0 Å². The average molecular weight is 244 g/mol. The van der Waals surface area contributed by atoms with Gasteiger partial charge in [-0.05, 0) is 12.5 Å². The molecule has 1 aromatic carbocycles. The summed E-state index contributed by atoms with van der Waals surface area (Å²) in [6.07, 6.45) is 2.72. The summed E-state index contributed by atoms with van der Waals surface area (Å²) in [5.41, 5.74) is 1.44. The lowest BCUT2D eigenvalue weighted by Gasteiger charge is -2.15. The van der Waals surface area contributed by atoms with Crippen molar-refractivity contribution in [2.45, 2.75) is 13.0 Å². The minimum atomic E-state index is -0.555. The molecule has 0 bridgehead atoms. The van der Waals surface area contributed by atoms with Crippen LogP contribution in [0.1, 0.15) is 28.9 Å². The number of benzene rings is 1. The van der Waals surface area contributed by atoms with Crippen LogP contribution in [0.4, 0.5) is 0 Å². The highest BCUT2D eigenvalue weighted by Gasteiger charge is 2.23. The highest BCUT2D eigenvalue weighted by molar-refractivity contribution is 5.99. The van der Waals surface area contributed by atoms with Gasteiger partial charge in [0.05, 0.1) is 11.8 Å². The molecule has 0 N–H and O–H groups in total. The van der Waals surface area contributed by atoms with Crippen molar-refractivity contribution < 1.29 is 9.53 Å². The van der Waals surface area contributed by atoms with Crippen LogP contribution in [0.2, 0.25) is 0 Å². The second kappa shape index (κ2) is 5.60. The fourth-order valence-corrected chi connectivity index (χ4v) is 1.82. The summed E-state index contributed by atoms with van der Waals surface area (Å²) in [6.45, 7) is 2.37. The van der Waals surface area contributed by atoms with Crippen molar-refractivity contribution in [2.75, 3.05) is 6.61 Å². The van der Waals surface area contributed by atoms with Crippen molar-refractivity contribution in [3.8, 4) is 0 Å². The fraction of sp³-hybridized carbons (Fsp3) is 0.286. The van der Waals surface area contributed by atoms with Gasteiger partial charge in [0, 0.05) is 19.9 Å². The molecule has 94 valence electrons. The predicted molar refractivity (Wildman–Crippen MR) is 68.3 cm³/mol. The fourth-order valence-electron chi connectivity index (χ4n) is 1.82. The SMILES string of the molecule is CCOC(C(=O)c1cnn(C)c1)c1ccccc1. The van der Waals surface area contributed by atoms with Crippen LogP contribution >= 0.6 is 0 Å². The molecule has 0 aliphatic heterocycles. The summed E-state index contributed by atoms with van der Waals surface area (Å²) in [4.78, 5) is 12.4. The van der Waals surface area contributed by atoms with Gasteiger partial charge >= 0.3 is 0 Å². The summed E-state index contributed by atoms with van der Waals surface area (Å²) >= 11 is 0. The molecule has 1 unspecified atom stereocenters. The Morgan fingerprint density at radius 2 is 2.11 bits per heavy atom. The van der Waals surface area contributed by atoms with E-state index in [4.69, 9.17) is 4.74 Å². The molecule has 2 aromatic rings. The lowest BCUT2D eigenvalue weighted by Crippen LogP contribution is -2.16. The molecule has 0 aliphatic carbocycles. The molecule has 1 heterocycles. The van der Waals surface area contributed by atoms with Crippen LogP contribution in [0, 0.1) is 0 Å². The van der Waals surface area contributed by atoms with Crippen LogP contribution in [-0.4, -0.2) is 22.2 Å². The number of aromatic nitrogens is 2. The van der Waals surface area contributed by atoms with Crippen molar-refractivity contribution in [1.82, 2.24) is 9.78 Å². The average Bonchev–Trinajstić information content (AvgIpc) is 2.83. The largest absolute Gasteiger partial charge is 0.366 e. The van der Waals surface area contributed by atoms with E-state index in [1.165, 1.54) is 0 Å². The van der Waals surface area contributed by atoms with Gasteiger partial charge in [-0.2, -0.15) is 5.10 Å². The Morgan fingerprint density at radius 1 is 1.39 bits per heavy atom. The Balaban J connectivity index is 2.28. The van der Waals surface area contributed by atoms with E-state index in [1.807, 2.05) is 37.3 Å². The van der Waals surface area contributed by atoms with Gasteiger partial charge in [0.2, 0.25) is 0 Å². The Labute approximate surface area is 106 Å². The van der Waals surface area contributed by atoms with E-state index in [0.29, 0.717) is 12.2 Å². The molecule has 2 rings (SSSR count). The normalized spacial score (nSPS) is 12.3. The molecule has 1 atom stereocenters. The van der Waals surface area contributed by atoms with Crippen LogP contribution in [-0.2, 0) is 11.8 Å². The number of ketones is 1. The lowest BCUT2D eigenvalue weighted by atomic mass is 10.0. The Hall–Kier alpha value is -1.94. The number of carbonyl (C=O) groups excluding carboxylic acids is 1. The zero-order valence-corrected chi connectivity index (χ0v) is 10.5. The van der Waals surface area contributed by atoms with Gasteiger partial charge < -0.3 is 4.74 Å². The molecular formula is C14H16N2O2. The molecular weight excluding hydrogens is 228 g/mol. The highest BCUT2D eigenvalue weighted by Crippen LogP contribution is 2.21. The summed E-state index contributed by atoms with van der Waals surface area (Å²) in [5.74, 6) is -0.0591. The van der Waals surface area contributed by atoms with E-state index in [2.05, 4.69) is 5.10 Å². The zero-order valence-electron chi connectivity index (χ0n) is 10.5. The predicted octanol–water partition coefficient (Wildman–Crippen LogP) is 2.38. The standard InChI is InChI=1S/C14H16N2O2/c1-3-18-14(11-7-5-4-6-8-11)13(17)12-9-15-16(2)10-12/h4-10,14H,3H2,1-2H3. The number of carbonyl (C=O) groups is 1. The molecule has 1 aromatic heterocycles. The van der Waals surface area contributed by atoms with Gasteiger partial charge in [-0.25, -0.2) is 0 Å². The number of hydrogen-bond acceptors (Lipinski definition) is 3. The van der Waals surface area contributed by atoms with E-state index in [1.54, 1.807) is 24.1 Å². The molecule has 0 spiro atoms. The molecule has 4 heteroatoms. The molecule has 0 aliphatic rings. The Kier molecular flexibility index (Phi) is 3.89. The number of rotatable bonds is 5. The van der Waals surface area contributed by atoms with E-state index in [0.717, 1.165) is 5.56 Å². The Bertz CT molecular complexity index is 520. The van der Waals surface area contributed by atoms with Gasteiger partial charge in [-0.15, -0.1) is 0 Å². The minimum Gasteiger partial charge on any atom is -0.366 e. The molecule has 0 radical (unpaired) electrons. The molecule has 0 saturated carbocycles. The number of Topliss-reactive ketones (excluding diaryl/α,β-unsaturated/α-hetero) is 1. The first-order chi connectivity index (χ1) is 8.72. The van der Waals surface area contributed by atoms with Crippen LogP contribution in [0.3, 0.4) is 0 Å². The molecule has 18 heavy (non-hydrogen) atoms. The van der Waals surface area contributed by atoms with Crippen LogP contribution in [0.5, 0.6) is 0 Å². The van der Waals surface area contributed by atoms with E-state index in [9.17, 15) is 4.79 Å². The van der Waals surface area contributed by atoms with E-state index >= 15 is 0 Å². The molecule has 0 saturated heterocycles. The summed E-state index contributed by atoms with van der Waals surface area (Å²) in [7, 11) is 1.79. The van der Waals surface area contributed by atoms with Crippen molar-refractivity contribution in [3.05, 3.63) is 53.9 Å². The highest BCUT2D eigenvalue weighted by atomic mass is 16.5. The summed E-state index contributed by atoms with van der Waals surface area (Å²) in [6, 6.07) is 9.51. The number of aryl methyl sites for hydroxylation is 1. The van der Waals surface area contributed by atoms with Crippen LogP contribution in [0.15, 0.2) is 42.7 Å². The maximum absolute atomic E-state index is 12.4. The maximum Gasteiger partial charge on any atom is 0.199 e. The number of ether oxygens (including phenoxy) is 1. The van der Waals surface area contributed by atoms with Crippen LogP contribution < -0.4 is 0 Å². The maximum atomic E-state index is 12.4. The van der Waals surface area contributed by atoms with Gasteiger partial charge in [0.1, 0.15) is 6.10 Å². The zero-order chi connectivity index (χ0) is 13.0. The quantitative estimate of drug-likeness (QED) is 0.758. The number of nitrogens with zero attached hydrogens (tertiary/aromatic N) is 2. The van der Waals surface area contributed by atoms with Crippen molar-refractivity contribution in [1.29, 1.82) is 0 Å². The lowest BCUT2D eigenvalue weighted by molar-refractivity contribution is 0.0452. The third kappa shape index (κ3) is 2.65. The van der Waals surface area contributed by atoms with Gasteiger partial charge in [0.25, 0.3) is 0 Å². The first kappa shape index (κ1) is 12.5. The second-order valence-electron chi connectivity index (χ2n) is 4.01. The van der Waals surface area contributed by atoms with Gasteiger partial charge in [-0.1, -0.05) is 30.3 Å². The molecule has 4 nitrogen and oxygen atoms in total. The number of hydrogen-bond donors (Lipinski definition) is 0. The van der Waals surface area contributed by atoms with Crippen molar-refractivity contribution in [3.63, 3.8) is 0 Å². The first-order valence-corrected chi connectivity index (χ1v) is 5.91. The summed E-state index contributed by atoms with van der Waals surface area (Å²) in [5, 5.41) is 4.01. The third-order valence-corrected chi connectivity index (χ3v) is 2.66. The van der Waals surface area contributed by atoms with E-state index < -0.39 is 6.10 Å². The van der Waals surface area contributed by atoms with Crippen molar-refractivity contribution in [2.24, 2.45) is 7.05 Å². The van der Waals surface area contributed by atoms with E-state index in [-0.39, 0.29) is 5.78 Å². The topological polar surface area (TPSA) is 44.1 Å². The molecule has 0 amide bonds. The first-order valence-electron chi connectivity index (χ1n) is 5.91. The van der Waals surface area contributed by atoms with Gasteiger partial charge in [0.15, 0.2) is 5.78 Å². The van der Waals surface area contributed by atoms with Gasteiger partial charge in [-0.3, -0.25) is 9.48 Å². The third-order valence-electron chi connectivity index (χ3n) is 2.66. The monoisotopic (exact) mass is 244 g/mol. The van der Waals surface area contributed by atoms with Crippen molar-refractivity contribution >= 4 is 5.78 Å². The smallest absolute Gasteiger partial charge is 0.199 e.